The van der Waals surface area contributed by atoms with Gasteiger partial charge in [0, 0.05) is 27.6 Å². The normalized spacial score (nSPS) is 18.2. The Morgan fingerprint density at radius 1 is 1.20 bits per heavy atom. The maximum absolute atomic E-state index is 15.0. The molecule has 1 heterocycles. The van der Waals surface area contributed by atoms with Gasteiger partial charge in [0.2, 0.25) is 0 Å². The monoisotopic (exact) mass is 476 g/mol. The van der Waals surface area contributed by atoms with Crippen molar-refractivity contribution in [3.05, 3.63) is 32.7 Å². The number of carbonyl (C=O) groups excluding carboxylic acids is 1. The van der Waals surface area contributed by atoms with Crippen molar-refractivity contribution in [1.82, 2.24) is 10.2 Å². The van der Waals surface area contributed by atoms with E-state index in [-0.39, 0.29) is 12.5 Å². The number of alkyl halides is 1. The first-order chi connectivity index (χ1) is 11.6. The van der Waals surface area contributed by atoms with Gasteiger partial charge in [0.15, 0.2) is 0 Å². The second-order valence-electron chi connectivity index (χ2n) is 8.14. The van der Waals surface area contributed by atoms with Crippen molar-refractivity contribution in [2.24, 2.45) is 5.41 Å². The van der Waals surface area contributed by atoms with E-state index in [1.165, 1.54) is 0 Å². The first kappa shape index (κ1) is 20.8. The number of hydrogen-bond donors (Lipinski definition) is 1. The average molecular weight is 478 g/mol. The Morgan fingerprint density at radius 2 is 1.76 bits per heavy atom. The van der Waals surface area contributed by atoms with Gasteiger partial charge in [-0.2, -0.15) is 0 Å². The van der Waals surface area contributed by atoms with Gasteiger partial charge in [0.1, 0.15) is 5.67 Å². The lowest BCUT2D eigenvalue weighted by atomic mass is 9.90. The Labute approximate surface area is 167 Å². The highest BCUT2D eigenvalue weighted by molar-refractivity contribution is 9.11. The van der Waals surface area contributed by atoms with Gasteiger partial charge in [-0.05, 0) is 49.4 Å². The molecule has 140 valence electrons. The smallest absolute Gasteiger partial charge is 0.251 e. The predicted molar refractivity (Wildman–Crippen MR) is 108 cm³/mol. The molecule has 0 aliphatic carbocycles. The molecule has 3 nitrogen and oxygen atoms in total. The predicted octanol–water partition coefficient (Wildman–Crippen LogP) is 5.18. The lowest BCUT2D eigenvalue weighted by Gasteiger charge is -2.37. The minimum absolute atomic E-state index is 0.0725. The van der Waals surface area contributed by atoms with Crippen molar-refractivity contribution in [2.75, 3.05) is 26.2 Å². The number of piperidine rings is 1. The van der Waals surface area contributed by atoms with Gasteiger partial charge < -0.3 is 10.2 Å². The zero-order valence-electron chi connectivity index (χ0n) is 15.2. The summed E-state index contributed by atoms with van der Waals surface area (Å²) in [5.41, 5.74) is -0.486. The molecular weight excluding hydrogens is 451 g/mol. The van der Waals surface area contributed by atoms with Crippen LogP contribution in [0.2, 0.25) is 0 Å². The van der Waals surface area contributed by atoms with Gasteiger partial charge in [0.25, 0.3) is 5.91 Å². The molecule has 0 atom stereocenters. The Hall–Kier alpha value is -0.460. The molecule has 0 bridgehead atoms. The van der Waals surface area contributed by atoms with Crippen LogP contribution in [0.4, 0.5) is 4.39 Å². The number of likely N-dealkylation sites (tertiary alicyclic amines) is 1. The molecule has 1 saturated heterocycles. The number of rotatable bonds is 5. The number of halogens is 3. The third kappa shape index (κ3) is 6.99. The molecule has 0 radical (unpaired) electrons. The average Bonchev–Trinajstić information content (AvgIpc) is 2.50. The maximum atomic E-state index is 15.0. The molecule has 0 aromatic heterocycles. The fourth-order valence-electron chi connectivity index (χ4n) is 2.87. The summed E-state index contributed by atoms with van der Waals surface area (Å²) in [4.78, 5) is 14.6. The van der Waals surface area contributed by atoms with Gasteiger partial charge >= 0.3 is 0 Å². The number of amides is 1. The van der Waals surface area contributed by atoms with Crippen LogP contribution in [0.25, 0.3) is 0 Å². The highest BCUT2D eigenvalue weighted by Crippen LogP contribution is 2.28. The zero-order valence-corrected chi connectivity index (χ0v) is 18.3. The van der Waals surface area contributed by atoms with E-state index in [0.717, 1.165) is 35.0 Å². The van der Waals surface area contributed by atoms with E-state index in [4.69, 9.17) is 0 Å². The third-order valence-electron chi connectivity index (χ3n) is 4.62. The van der Waals surface area contributed by atoms with Crippen LogP contribution >= 0.6 is 31.9 Å². The van der Waals surface area contributed by atoms with Crippen LogP contribution in [0.3, 0.4) is 0 Å². The minimum Gasteiger partial charge on any atom is -0.349 e. The largest absolute Gasteiger partial charge is 0.349 e. The van der Waals surface area contributed by atoms with Crippen molar-refractivity contribution < 1.29 is 9.18 Å². The molecule has 1 N–H and O–H groups in total. The number of nitrogens with one attached hydrogen (secondary N) is 1. The molecule has 1 aliphatic heterocycles. The Morgan fingerprint density at radius 3 is 2.28 bits per heavy atom. The second-order valence-corrected chi connectivity index (χ2v) is 9.98. The Kier molecular flexibility index (Phi) is 7.08. The van der Waals surface area contributed by atoms with Gasteiger partial charge in [-0.1, -0.05) is 52.6 Å². The van der Waals surface area contributed by atoms with Gasteiger partial charge in [-0.15, -0.1) is 0 Å². The lowest BCUT2D eigenvalue weighted by molar-refractivity contribution is 0.0508. The highest BCUT2D eigenvalue weighted by atomic mass is 79.9. The summed E-state index contributed by atoms with van der Waals surface area (Å²) in [6, 6.07) is 5.33. The summed E-state index contributed by atoms with van der Waals surface area (Å²) in [5, 5.41) is 2.76. The Balaban J connectivity index is 1.82. The van der Waals surface area contributed by atoms with E-state index in [1.807, 2.05) is 6.07 Å². The van der Waals surface area contributed by atoms with Crippen LogP contribution in [0.5, 0.6) is 0 Å². The molecule has 1 aromatic carbocycles. The molecule has 1 aliphatic rings. The standard InChI is InChI=1S/C19H27Br2FN2O/c1-18(2,3)4-7-24-8-5-19(22,6-9-24)13-23-17(25)14-10-15(20)12-16(21)11-14/h10-12H,4-9,13H2,1-3H3,(H,23,25). The van der Waals surface area contributed by atoms with Crippen LogP contribution in [0.1, 0.15) is 50.4 Å². The van der Waals surface area contributed by atoms with Gasteiger partial charge in [-0.3, -0.25) is 4.79 Å². The molecule has 1 amide bonds. The molecule has 1 aromatic rings. The van der Waals surface area contributed by atoms with Gasteiger partial charge in [-0.25, -0.2) is 4.39 Å². The van der Waals surface area contributed by atoms with E-state index >= 15 is 0 Å². The van der Waals surface area contributed by atoms with Crippen molar-refractivity contribution in [3.8, 4) is 0 Å². The van der Waals surface area contributed by atoms with E-state index in [1.54, 1.807) is 12.1 Å². The topological polar surface area (TPSA) is 32.3 Å². The highest BCUT2D eigenvalue weighted by Gasteiger charge is 2.35. The second kappa shape index (κ2) is 8.49. The van der Waals surface area contributed by atoms with Gasteiger partial charge in [0.05, 0.1) is 6.54 Å². The maximum Gasteiger partial charge on any atom is 0.251 e. The summed E-state index contributed by atoms with van der Waals surface area (Å²) in [7, 11) is 0. The van der Waals surface area contributed by atoms with Crippen LogP contribution in [-0.4, -0.2) is 42.7 Å². The van der Waals surface area contributed by atoms with E-state index in [0.29, 0.717) is 23.8 Å². The number of benzene rings is 1. The molecular formula is C19H27Br2FN2O. The first-order valence-electron chi connectivity index (χ1n) is 8.72. The SMILES string of the molecule is CC(C)(C)CCN1CCC(F)(CNC(=O)c2cc(Br)cc(Br)c2)CC1. The van der Waals surface area contributed by atoms with Crippen molar-refractivity contribution in [3.63, 3.8) is 0 Å². The van der Waals surface area contributed by atoms with Crippen molar-refractivity contribution in [2.45, 2.75) is 45.7 Å². The molecule has 0 spiro atoms. The van der Waals surface area contributed by atoms with Crippen LogP contribution in [-0.2, 0) is 0 Å². The molecule has 6 heteroatoms. The lowest BCUT2D eigenvalue weighted by Crippen LogP contribution is -2.48. The minimum atomic E-state index is -1.31. The third-order valence-corrected chi connectivity index (χ3v) is 5.54. The van der Waals surface area contributed by atoms with Crippen LogP contribution in [0, 0.1) is 5.41 Å². The fraction of sp³-hybridized carbons (Fsp3) is 0.632. The van der Waals surface area contributed by atoms with Crippen LogP contribution in [0.15, 0.2) is 27.1 Å². The van der Waals surface area contributed by atoms with Crippen molar-refractivity contribution >= 4 is 37.8 Å². The Bertz CT molecular complexity index is 588. The van der Waals surface area contributed by atoms with E-state index in [2.05, 4.69) is 62.8 Å². The summed E-state index contributed by atoms with van der Waals surface area (Å²) >= 11 is 6.73. The van der Waals surface area contributed by atoms with Crippen LogP contribution < -0.4 is 5.32 Å². The molecule has 1 fully saturated rings. The molecule has 2 rings (SSSR count). The van der Waals surface area contributed by atoms with E-state index < -0.39 is 5.67 Å². The summed E-state index contributed by atoms with van der Waals surface area (Å²) < 4.78 is 16.6. The summed E-state index contributed by atoms with van der Waals surface area (Å²) in [6.45, 7) is 9.28. The quantitative estimate of drug-likeness (QED) is 0.633. The first-order valence-corrected chi connectivity index (χ1v) is 10.3. The molecule has 0 saturated carbocycles. The molecule has 25 heavy (non-hydrogen) atoms. The summed E-state index contributed by atoms with van der Waals surface area (Å²) in [5.74, 6) is -0.241. The molecule has 0 unspecified atom stereocenters. The van der Waals surface area contributed by atoms with Crippen molar-refractivity contribution in [1.29, 1.82) is 0 Å². The number of hydrogen-bond acceptors (Lipinski definition) is 2. The summed E-state index contributed by atoms with van der Waals surface area (Å²) in [6.07, 6.45) is 2.06. The number of carbonyl (C=O) groups is 1. The zero-order chi connectivity index (χ0) is 18.7. The number of nitrogens with zero attached hydrogens (tertiary/aromatic N) is 1. The van der Waals surface area contributed by atoms with E-state index in [9.17, 15) is 9.18 Å². The fourth-order valence-corrected chi connectivity index (χ4v) is 4.17.